The van der Waals surface area contributed by atoms with Gasteiger partial charge in [-0.3, -0.25) is 0 Å². The summed E-state index contributed by atoms with van der Waals surface area (Å²) in [5, 5.41) is 11.8. The Kier molecular flexibility index (Phi) is 3.42. The number of furan rings is 1. The Morgan fingerprint density at radius 3 is 2.55 bits per heavy atom. The van der Waals surface area contributed by atoms with Crippen molar-refractivity contribution in [3.05, 3.63) is 69.7 Å². The van der Waals surface area contributed by atoms with Crippen molar-refractivity contribution < 1.29 is 13.9 Å². The van der Waals surface area contributed by atoms with E-state index in [1.54, 1.807) is 24.3 Å². The summed E-state index contributed by atoms with van der Waals surface area (Å²) in [6.45, 7) is 0. The van der Waals surface area contributed by atoms with Gasteiger partial charge in [-0.05, 0) is 48.0 Å². The highest BCUT2D eigenvalue weighted by molar-refractivity contribution is 6.31. The number of fused-ring (bicyclic) bond motifs is 1. The van der Waals surface area contributed by atoms with Gasteiger partial charge in [-0.25, -0.2) is 4.39 Å². The van der Waals surface area contributed by atoms with E-state index in [1.165, 1.54) is 18.2 Å². The third-order valence-electron chi connectivity index (χ3n) is 2.97. The molecule has 0 bridgehead atoms. The van der Waals surface area contributed by atoms with Gasteiger partial charge in [0.15, 0.2) is 0 Å². The maximum Gasteiger partial charge on any atom is 0.138 e. The summed E-state index contributed by atoms with van der Waals surface area (Å²) in [5.41, 5.74) is 0.936. The first-order valence-corrected chi connectivity index (χ1v) is 6.61. The standard InChI is InChI=1S/C15H9Cl2FO2/c16-10-1-2-13-8(3-10)6-14(20-13)15(19)9-4-11(17)7-12(18)5-9/h1-7,15,19H. The van der Waals surface area contributed by atoms with Gasteiger partial charge < -0.3 is 9.52 Å². The zero-order chi connectivity index (χ0) is 14.3. The van der Waals surface area contributed by atoms with E-state index in [2.05, 4.69) is 0 Å². The smallest absolute Gasteiger partial charge is 0.138 e. The maximum absolute atomic E-state index is 13.3. The molecule has 3 aromatic rings. The minimum atomic E-state index is -1.09. The van der Waals surface area contributed by atoms with E-state index in [0.29, 0.717) is 21.9 Å². The molecule has 0 fully saturated rings. The van der Waals surface area contributed by atoms with Crippen LogP contribution in [0.1, 0.15) is 17.4 Å². The molecule has 0 saturated carbocycles. The zero-order valence-electron chi connectivity index (χ0n) is 10.1. The lowest BCUT2D eigenvalue weighted by Gasteiger charge is -2.08. The lowest BCUT2D eigenvalue weighted by Crippen LogP contribution is -1.98. The van der Waals surface area contributed by atoms with Gasteiger partial charge in [0.05, 0.1) is 0 Å². The van der Waals surface area contributed by atoms with E-state index >= 15 is 0 Å². The fraction of sp³-hybridized carbons (Fsp3) is 0.0667. The quantitative estimate of drug-likeness (QED) is 0.725. The van der Waals surface area contributed by atoms with Crippen LogP contribution < -0.4 is 0 Å². The lowest BCUT2D eigenvalue weighted by molar-refractivity contribution is 0.192. The molecule has 0 amide bonds. The predicted molar refractivity (Wildman–Crippen MR) is 76.7 cm³/mol. The summed E-state index contributed by atoms with van der Waals surface area (Å²) in [4.78, 5) is 0. The molecule has 0 spiro atoms. The Hall–Kier alpha value is -1.55. The van der Waals surface area contributed by atoms with Gasteiger partial charge in [-0.2, -0.15) is 0 Å². The van der Waals surface area contributed by atoms with Gasteiger partial charge in [0.25, 0.3) is 0 Å². The molecule has 1 atom stereocenters. The van der Waals surface area contributed by atoms with Crippen molar-refractivity contribution in [1.29, 1.82) is 0 Å². The number of aliphatic hydroxyl groups excluding tert-OH is 1. The molecule has 3 rings (SSSR count). The molecule has 102 valence electrons. The minimum Gasteiger partial charge on any atom is -0.458 e. The molecular weight excluding hydrogens is 302 g/mol. The van der Waals surface area contributed by atoms with Crippen molar-refractivity contribution in [2.24, 2.45) is 0 Å². The van der Waals surface area contributed by atoms with Crippen LogP contribution in [-0.4, -0.2) is 5.11 Å². The molecule has 1 heterocycles. The largest absolute Gasteiger partial charge is 0.458 e. The Labute approximate surface area is 124 Å². The Morgan fingerprint density at radius 1 is 1.00 bits per heavy atom. The van der Waals surface area contributed by atoms with Crippen molar-refractivity contribution in [1.82, 2.24) is 0 Å². The Balaban J connectivity index is 2.05. The molecular formula is C15H9Cl2FO2. The highest BCUT2D eigenvalue weighted by Gasteiger charge is 2.17. The molecule has 2 nitrogen and oxygen atoms in total. The molecule has 0 aliphatic rings. The van der Waals surface area contributed by atoms with E-state index in [1.807, 2.05) is 0 Å². The summed E-state index contributed by atoms with van der Waals surface area (Å²) >= 11 is 11.7. The maximum atomic E-state index is 13.3. The molecule has 2 aromatic carbocycles. The Bertz CT molecular complexity index is 762. The summed E-state index contributed by atoms with van der Waals surface area (Å²) in [5.74, 6) is -0.199. The minimum absolute atomic E-state index is 0.221. The van der Waals surface area contributed by atoms with Crippen LogP contribution in [0.4, 0.5) is 4.39 Å². The molecule has 0 aliphatic carbocycles. The molecule has 0 radical (unpaired) electrons. The second-order valence-electron chi connectivity index (χ2n) is 4.44. The summed E-state index contributed by atoms with van der Waals surface area (Å²) in [6, 6.07) is 10.7. The van der Waals surface area contributed by atoms with Crippen molar-refractivity contribution in [2.75, 3.05) is 0 Å². The molecule has 20 heavy (non-hydrogen) atoms. The van der Waals surface area contributed by atoms with Crippen LogP contribution in [0.2, 0.25) is 10.0 Å². The number of hydrogen-bond donors (Lipinski definition) is 1. The fourth-order valence-corrected chi connectivity index (χ4v) is 2.48. The van der Waals surface area contributed by atoms with E-state index in [9.17, 15) is 9.50 Å². The molecule has 5 heteroatoms. The highest BCUT2D eigenvalue weighted by Crippen LogP contribution is 2.31. The summed E-state index contributed by atoms with van der Waals surface area (Å²) in [7, 11) is 0. The number of aliphatic hydroxyl groups is 1. The van der Waals surface area contributed by atoms with Gasteiger partial charge in [-0.1, -0.05) is 23.2 Å². The topological polar surface area (TPSA) is 33.4 Å². The number of benzene rings is 2. The summed E-state index contributed by atoms with van der Waals surface area (Å²) < 4.78 is 18.9. The first-order chi connectivity index (χ1) is 9.52. The molecule has 0 aliphatic heterocycles. The number of hydrogen-bond acceptors (Lipinski definition) is 2. The van der Waals surface area contributed by atoms with Crippen LogP contribution in [0.25, 0.3) is 11.0 Å². The lowest BCUT2D eigenvalue weighted by atomic mass is 10.1. The highest BCUT2D eigenvalue weighted by atomic mass is 35.5. The average Bonchev–Trinajstić information content (AvgIpc) is 2.79. The van der Waals surface area contributed by atoms with Crippen LogP contribution in [-0.2, 0) is 0 Å². The van der Waals surface area contributed by atoms with E-state index in [0.717, 1.165) is 5.39 Å². The van der Waals surface area contributed by atoms with Gasteiger partial charge in [0, 0.05) is 15.4 Å². The molecule has 1 aromatic heterocycles. The summed E-state index contributed by atoms with van der Waals surface area (Å²) in [6.07, 6.45) is -1.09. The second kappa shape index (κ2) is 5.09. The Morgan fingerprint density at radius 2 is 1.80 bits per heavy atom. The van der Waals surface area contributed by atoms with Gasteiger partial charge in [0.1, 0.15) is 23.3 Å². The third-order valence-corrected chi connectivity index (χ3v) is 3.42. The van der Waals surface area contributed by atoms with Crippen molar-refractivity contribution in [3.63, 3.8) is 0 Å². The average molecular weight is 311 g/mol. The SMILES string of the molecule is OC(c1cc(F)cc(Cl)c1)c1cc2cc(Cl)ccc2o1. The zero-order valence-corrected chi connectivity index (χ0v) is 11.6. The van der Waals surface area contributed by atoms with E-state index in [4.69, 9.17) is 27.6 Å². The first-order valence-electron chi connectivity index (χ1n) is 5.86. The normalized spacial score (nSPS) is 12.8. The van der Waals surface area contributed by atoms with Gasteiger partial charge in [0.2, 0.25) is 0 Å². The van der Waals surface area contributed by atoms with E-state index < -0.39 is 11.9 Å². The first kappa shape index (κ1) is 13.4. The second-order valence-corrected chi connectivity index (χ2v) is 5.31. The predicted octanol–water partition coefficient (Wildman–Crippen LogP) is 4.96. The van der Waals surface area contributed by atoms with Crippen molar-refractivity contribution in [2.45, 2.75) is 6.10 Å². The third kappa shape index (κ3) is 2.52. The van der Waals surface area contributed by atoms with E-state index in [-0.39, 0.29) is 5.02 Å². The number of halogens is 3. The molecule has 1 N–H and O–H groups in total. The van der Waals surface area contributed by atoms with Crippen LogP contribution in [0.3, 0.4) is 0 Å². The van der Waals surface area contributed by atoms with Crippen molar-refractivity contribution in [3.8, 4) is 0 Å². The van der Waals surface area contributed by atoms with Gasteiger partial charge >= 0.3 is 0 Å². The molecule has 1 unspecified atom stereocenters. The molecule has 0 saturated heterocycles. The van der Waals surface area contributed by atoms with Gasteiger partial charge in [-0.15, -0.1) is 0 Å². The monoisotopic (exact) mass is 310 g/mol. The van der Waals surface area contributed by atoms with Crippen LogP contribution >= 0.6 is 23.2 Å². The fourth-order valence-electron chi connectivity index (χ4n) is 2.07. The van der Waals surface area contributed by atoms with Crippen LogP contribution in [0.15, 0.2) is 46.9 Å². The van der Waals surface area contributed by atoms with Crippen LogP contribution in [0.5, 0.6) is 0 Å². The van der Waals surface area contributed by atoms with Crippen LogP contribution in [0, 0.1) is 5.82 Å². The number of rotatable bonds is 2. The van der Waals surface area contributed by atoms with Crippen molar-refractivity contribution >= 4 is 34.2 Å².